The predicted molar refractivity (Wildman–Crippen MR) is 83.5 cm³/mol. The maximum Gasteiger partial charge on any atom is 0.310 e. The minimum atomic E-state index is -0.176. The van der Waals surface area contributed by atoms with E-state index in [9.17, 15) is 4.79 Å². The monoisotopic (exact) mass is 272 g/mol. The van der Waals surface area contributed by atoms with Crippen molar-refractivity contribution in [1.82, 2.24) is 0 Å². The van der Waals surface area contributed by atoms with Gasteiger partial charge in [-0.25, -0.2) is 0 Å². The van der Waals surface area contributed by atoms with Crippen LogP contribution >= 0.6 is 0 Å². The first-order valence-electron chi connectivity index (χ1n) is 7.08. The van der Waals surface area contributed by atoms with Crippen LogP contribution in [0.3, 0.4) is 0 Å². The molecule has 0 amide bonds. The van der Waals surface area contributed by atoms with Gasteiger partial charge in [0, 0.05) is 0 Å². The fraction of sp³-hybridized carbons (Fsp3) is 0.389. The molecule has 0 unspecified atom stereocenters. The molecule has 0 aliphatic carbocycles. The molecule has 2 nitrogen and oxygen atoms in total. The third-order valence-electron chi connectivity index (χ3n) is 3.27. The summed E-state index contributed by atoms with van der Waals surface area (Å²) in [6.45, 7) is 6.63. The molecule has 0 saturated carbocycles. The molecular formula is C18H24O2. The molecule has 20 heavy (non-hydrogen) atoms. The van der Waals surface area contributed by atoms with Crippen molar-refractivity contribution in [2.24, 2.45) is 0 Å². The molecule has 0 spiro atoms. The van der Waals surface area contributed by atoms with Gasteiger partial charge in [0.2, 0.25) is 0 Å². The van der Waals surface area contributed by atoms with Gasteiger partial charge in [0.15, 0.2) is 0 Å². The van der Waals surface area contributed by atoms with Gasteiger partial charge in [-0.15, -0.1) is 0 Å². The zero-order chi connectivity index (χ0) is 14.8. The van der Waals surface area contributed by atoms with Gasteiger partial charge < -0.3 is 4.74 Å². The molecular weight excluding hydrogens is 248 g/mol. The number of carbonyl (C=O) groups excluding carboxylic acids is 1. The molecule has 0 aromatic heterocycles. The van der Waals surface area contributed by atoms with Crippen LogP contribution in [0.4, 0.5) is 0 Å². The van der Waals surface area contributed by atoms with E-state index >= 15 is 0 Å². The second-order valence-corrected chi connectivity index (χ2v) is 5.03. The molecule has 2 heteroatoms. The van der Waals surface area contributed by atoms with Crippen LogP contribution < -0.4 is 0 Å². The Labute approximate surface area is 122 Å². The number of ether oxygens (including phenoxy) is 1. The molecule has 0 saturated heterocycles. The Balaban J connectivity index is 2.27. The summed E-state index contributed by atoms with van der Waals surface area (Å²) in [5.41, 5.74) is 3.64. The van der Waals surface area contributed by atoms with E-state index in [1.54, 1.807) is 0 Å². The molecule has 0 radical (unpaired) electrons. The van der Waals surface area contributed by atoms with Crippen molar-refractivity contribution in [2.45, 2.75) is 40.0 Å². The van der Waals surface area contributed by atoms with Gasteiger partial charge in [0.25, 0.3) is 0 Å². The fourth-order valence-corrected chi connectivity index (χ4v) is 1.73. The Morgan fingerprint density at radius 3 is 2.40 bits per heavy atom. The largest absolute Gasteiger partial charge is 0.461 e. The van der Waals surface area contributed by atoms with Crippen molar-refractivity contribution in [3.63, 3.8) is 0 Å². The summed E-state index contributed by atoms with van der Waals surface area (Å²) in [5, 5.41) is 0. The first kappa shape index (κ1) is 16.2. The predicted octanol–water partition coefficient (Wildman–Crippen LogP) is 4.47. The molecule has 0 N–H and O–H groups in total. The first-order valence-corrected chi connectivity index (χ1v) is 7.08. The van der Waals surface area contributed by atoms with Crippen LogP contribution in [0.15, 0.2) is 53.6 Å². The Hall–Kier alpha value is -1.83. The molecule has 0 aliphatic rings. The van der Waals surface area contributed by atoms with E-state index in [1.165, 1.54) is 11.1 Å². The van der Waals surface area contributed by atoms with Crippen LogP contribution in [0.1, 0.15) is 39.2 Å². The number of esters is 1. The third kappa shape index (κ3) is 6.93. The maximum absolute atomic E-state index is 11.6. The summed E-state index contributed by atoms with van der Waals surface area (Å²) in [5.74, 6) is -0.176. The molecule has 0 heterocycles. The zero-order valence-corrected chi connectivity index (χ0v) is 12.7. The highest BCUT2D eigenvalue weighted by molar-refractivity contribution is 5.72. The van der Waals surface area contributed by atoms with Crippen molar-refractivity contribution in [1.29, 1.82) is 0 Å². The van der Waals surface area contributed by atoms with Crippen molar-refractivity contribution in [3.8, 4) is 0 Å². The minimum Gasteiger partial charge on any atom is -0.461 e. The van der Waals surface area contributed by atoms with Gasteiger partial charge >= 0.3 is 5.97 Å². The van der Waals surface area contributed by atoms with E-state index < -0.39 is 0 Å². The Kier molecular flexibility index (Phi) is 7.41. The van der Waals surface area contributed by atoms with Crippen LogP contribution in [0.25, 0.3) is 0 Å². The standard InChI is InChI=1S/C18H24O2/c1-4-15(2)10-11-16(3)12-13-20-18(19)14-17-8-6-5-7-9-17/h4-9,12H,10-11,13-14H2,1-3H3/b15-4+,16-12+. The van der Waals surface area contributed by atoms with E-state index in [-0.39, 0.29) is 5.97 Å². The van der Waals surface area contributed by atoms with Gasteiger partial charge in [-0.05, 0) is 45.3 Å². The molecule has 0 atom stereocenters. The highest BCUT2D eigenvalue weighted by atomic mass is 16.5. The summed E-state index contributed by atoms with van der Waals surface area (Å²) < 4.78 is 5.22. The maximum atomic E-state index is 11.6. The van der Waals surface area contributed by atoms with Crippen molar-refractivity contribution in [2.75, 3.05) is 6.61 Å². The Bertz CT molecular complexity index is 469. The topological polar surface area (TPSA) is 26.3 Å². The van der Waals surface area contributed by atoms with Crippen molar-refractivity contribution >= 4 is 5.97 Å². The van der Waals surface area contributed by atoms with Crippen LogP contribution in [0.2, 0.25) is 0 Å². The summed E-state index contributed by atoms with van der Waals surface area (Å²) in [7, 11) is 0. The number of allylic oxidation sites excluding steroid dienone is 3. The lowest BCUT2D eigenvalue weighted by Crippen LogP contribution is -2.08. The van der Waals surface area contributed by atoms with E-state index in [1.807, 2.05) is 36.4 Å². The van der Waals surface area contributed by atoms with E-state index in [4.69, 9.17) is 4.74 Å². The molecule has 1 rings (SSSR count). The van der Waals surface area contributed by atoms with Crippen LogP contribution in [0.5, 0.6) is 0 Å². The molecule has 0 fully saturated rings. The summed E-state index contributed by atoms with van der Waals surface area (Å²) >= 11 is 0. The first-order chi connectivity index (χ1) is 9.61. The second kappa shape index (κ2) is 9.13. The molecule has 0 aliphatic heterocycles. The average molecular weight is 272 g/mol. The molecule has 0 bridgehead atoms. The van der Waals surface area contributed by atoms with E-state index in [2.05, 4.69) is 26.8 Å². The highest BCUT2D eigenvalue weighted by Gasteiger charge is 2.03. The van der Waals surface area contributed by atoms with Crippen molar-refractivity contribution in [3.05, 3.63) is 59.2 Å². The Morgan fingerprint density at radius 2 is 1.75 bits per heavy atom. The number of carbonyl (C=O) groups is 1. The number of benzene rings is 1. The SMILES string of the molecule is C/C=C(\C)CC/C(C)=C/COC(=O)Cc1ccccc1. The molecule has 1 aromatic rings. The Morgan fingerprint density at radius 1 is 1.10 bits per heavy atom. The van der Waals surface area contributed by atoms with E-state index in [0.29, 0.717) is 13.0 Å². The van der Waals surface area contributed by atoms with Gasteiger partial charge in [-0.3, -0.25) is 4.79 Å². The quantitative estimate of drug-likeness (QED) is 0.541. The zero-order valence-electron chi connectivity index (χ0n) is 12.7. The van der Waals surface area contributed by atoms with Gasteiger partial charge in [0.05, 0.1) is 6.42 Å². The van der Waals surface area contributed by atoms with Gasteiger partial charge in [-0.2, -0.15) is 0 Å². The summed E-state index contributed by atoms with van der Waals surface area (Å²) in [6.07, 6.45) is 6.55. The van der Waals surface area contributed by atoms with Crippen molar-refractivity contribution < 1.29 is 9.53 Å². The molecule has 108 valence electrons. The smallest absolute Gasteiger partial charge is 0.310 e. The number of hydrogen-bond donors (Lipinski definition) is 0. The van der Waals surface area contributed by atoms with Gasteiger partial charge in [-0.1, -0.05) is 47.6 Å². The molecule has 1 aromatic carbocycles. The van der Waals surface area contributed by atoms with Crippen LogP contribution in [-0.4, -0.2) is 12.6 Å². The lowest BCUT2D eigenvalue weighted by molar-refractivity contribution is -0.141. The summed E-state index contributed by atoms with van der Waals surface area (Å²) in [4.78, 5) is 11.6. The lowest BCUT2D eigenvalue weighted by atomic mass is 10.1. The normalized spacial score (nSPS) is 12.3. The second-order valence-electron chi connectivity index (χ2n) is 5.03. The lowest BCUT2D eigenvalue weighted by Gasteiger charge is -2.04. The number of rotatable bonds is 7. The van der Waals surface area contributed by atoms with Gasteiger partial charge in [0.1, 0.15) is 6.61 Å². The minimum absolute atomic E-state index is 0.176. The highest BCUT2D eigenvalue weighted by Crippen LogP contribution is 2.10. The average Bonchev–Trinajstić information content (AvgIpc) is 2.45. The van der Waals surface area contributed by atoms with Crippen LogP contribution in [0, 0.1) is 0 Å². The fourth-order valence-electron chi connectivity index (χ4n) is 1.73. The van der Waals surface area contributed by atoms with Crippen LogP contribution in [-0.2, 0) is 16.0 Å². The van der Waals surface area contributed by atoms with E-state index in [0.717, 1.165) is 18.4 Å². The summed E-state index contributed by atoms with van der Waals surface area (Å²) in [6, 6.07) is 9.66. The third-order valence-corrected chi connectivity index (χ3v) is 3.27. The number of hydrogen-bond acceptors (Lipinski definition) is 2.